The molecule has 0 aliphatic heterocycles. The van der Waals surface area contributed by atoms with Gasteiger partial charge in [0.05, 0.1) is 0 Å². The van der Waals surface area contributed by atoms with Gasteiger partial charge in [-0.3, -0.25) is 8.42 Å². The molecule has 5 nitrogen and oxygen atoms in total. The molecule has 0 atom stereocenters. The Morgan fingerprint density at radius 2 is 1.50 bits per heavy atom. The van der Waals surface area contributed by atoms with Crippen LogP contribution in [0.25, 0.3) is 0 Å². The molecule has 0 aliphatic rings. The molecule has 0 N–H and O–H groups in total. The molecule has 0 saturated carbocycles. The minimum absolute atomic E-state index is 0.832. The first kappa shape index (κ1) is 11.7. The van der Waals surface area contributed by atoms with Gasteiger partial charge in [0.25, 0.3) is 0 Å². The molecule has 0 aromatic heterocycles. The Morgan fingerprint density at radius 1 is 1.50 bits per heavy atom. The normalized spacial score (nSPS) is 9.50. The van der Waals surface area contributed by atoms with E-state index in [1.54, 1.807) is 0 Å². The van der Waals surface area contributed by atoms with Crippen LogP contribution < -0.4 is 0 Å². The van der Waals surface area contributed by atoms with Gasteiger partial charge in [-0.15, -0.1) is 0 Å². The molecule has 0 aromatic rings. The molecule has 0 amide bonds. The van der Waals surface area contributed by atoms with Gasteiger partial charge in [0, 0.05) is 10.4 Å². The topological polar surface area (TPSA) is 89.5 Å². The zero-order valence-electron chi connectivity index (χ0n) is 4.03. The van der Waals surface area contributed by atoms with Crippen LogP contribution in [0.15, 0.2) is 0 Å². The molecule has 0 saturated heterocycles. The first-order valence-electron chi connectivity index (χ1n) is 1.31. The third-order valence-electron chi connectivity index (χ3n) is 0. The van der Waals surface area contributed by atoms with E-state index in [2.05, 4.69) is 19.5 Å². The summed E-state index contributed by atoms with van der Waals surface area (Å²) < 4.78 is 38.4. The second-order valence-electron chi connectivity index (χ2n) is 0.644. The second kappa shape index (κ2) is 6.02. The van der Waals surface area contributed by atoms with Crippen molar-refractivity contribution in [2.24, 2.45) is 0 Å². The van der Waals surface area contributed by atoms with Gasteiger partial charge >= 0.3 is 36.1 Å². The number of rotatable bonds is 0. The van der Waals surface area contributed by atoms with Crippen LogP contribution in [0.4, 0.5) is 0 Å². The number of hydrogen-bond acceptors (Lipinski definition) is 5. The Morgan fingerprint density at radius 3 is 1.50 bits per heavy atom. The first-order chi connectivity index (χ1) is 3.41. The van der Waals surface area contributed by atoms with Crippen molar-refractivity contribution in [3.05, 3.63) is 0 Å². The molecule has 0 fully saturated rings. The fraction of sp³-hybridized carbons (Fsp3) is 0. The summed E-state index contributed by atoms with van der Waals surface area (Å²) in [6.07, 6.45) is 0. The predicted octanol–water partition coefficient (Wildman–Crippen LogP) is -2.70. The summed E-state index contributed by atoms with van der Waals surface area (Å²) >= 11 is 2.97. The third-order valence-corrected chi connectivity index (χ3v) is 0. The Balaban J connectivity index is 0. The van der Waals surface area contributed by atoms with E-state index in [1.165, 1.54) is 0 Å². The Bertz CT molecular complexity index is 104. The van der Waals surface area contributed by atoms with E-state index in [0.29, 0.717) is 0 Å². The summed E-state index contributed by atoms with van der Waals surface area (Å²) in [6, 6.07) is 0. The molecule has 0 spiro atoms. The molecule has 8 heavy (non-hydrogen) atoms. The quantitative estimate of drug-likeness (QED) is 0.223. The third kappa shape index (κ3) is 299. The van der Waals surface area contributed by atoms with E-state index in [1.807, 2.05) is 0 Å². The van der Waals surface area contributed by atoms with Gasteiger partial charge in [0.2, 0.25) is 0 Å². The van der Waals surface area contributed by atoms with E-state index >= 15 is 0 Å². The average Bonchev–Trinajstić information content (AvgIpc) is 1.27. The summed E-state index contributed by atoms with van der Waals surface area (Å²) in [5.41, 5.74) is 0. The van der Waals surface area contributed by atoms with Gasteiger partial charge < -0.3 is 9.11 Å². The van der Waals surface area contributed by atoms with Gasteiger partial charge in [-0.2, -0.15) is 0 Å². The zero-order chi connectivity index (χ0) is 7.21. The van der Waals surface area contributed by atoms with Crippen molar-refractivity contribution in [1.82, 2.24) is 0 Å². The van der Waals surface area contributed by atoms with Crippen LogP contribution in [0.2, 0.25) is 0 Å². The van der Waals surface area contributed by atoms with E-state index in [0.717, 1.165) is 16.6 Å². The Hall–Kier alpha value is 0.895. The van der Waals surface area contributed by atoms with Crippen LogP contribution >= 0.6 is 0 Å². The Kier molecular flexibility index (Phi) is 8.78. The molecule has 0 aliphatic carbocycles. The van der Waals surface area contributed by atoms with Gasteiger partial charge in [0.1, 0.15) is 0 Å². The van der Waals surface area contributed by atoms with Gasteiger partial charge in [-0.25, -0.2) is 0 Å². The van der Waals surface area contributed by atoms with Crippen LogP contribution in [0.1, 0.15) is 0 Å². The number of hydrogen-bond donors (Lipinski definition) is 0. The van der Waals surface area contributed by atoms with Crippen molar-refractivity contribution < 1.29 is 20.4 Å². The first-order valence-corrected chi connectivity index (χ1v) is 3.93. The maximum absolute atomic E-state index is 8.52. The summed E-state index contributed by atoms with van der Waals surface area (Å²) in [5, 5.41) is 0. The molecule has 44 valence electrons. The SMILES string of the molecule is O=S(=O)([O-])[O-].[Al+2][O][AlH2]. The summed E-state index contributed by atoms with van der Waals surface area (Å²) in [6.45, 7) is 0. The van der Waals surface area contributed by atoms with E-state index in [4.69, 9.17) is 17.5 Å². The molecule has 0 aromatic carbocycles. The van der Waals surface area contributed by atoms with Gasteiger partial charge in [0.15, 0.2) is 0 Å². The van der Waals surface area contributed by atoms with Crippen molar-refractivity contribution in [3.63, 3.8) is 0 Å². The molecule has 0 rings (SSSR count). The zero-order valence-corrected chi connectivity index (χ0v) is 8.00. The van der Waals surface area contributed by atoms with E-state index in [9.17, 15) is 0 Å². The van der Waals surface area contributed by atoms with Crippen molar-refractivity contribution in [2.75, 3.05) is 0 Å². The molecule has 0 bridgehead atoms. The van der Waals surface area contributed by atoms with Crippen molar-refractivity contribution in [1.29, 1.82) is 0 Å². The standard InChI is InChI=1S/2Al.H2O4S.O.2H/c;;1-5(2,3)4;;;/h;;(H2,1,2,3,4);;;/q;+2;;;;/p-2. The fourth-order valence-electron chi connectivity index (χ4n) is 0. The monoisotopic (exact) mass is 168 g/mol. The molecular formula is H2Al2O5S. The summed E-state index contributed by atoms with van der Waals surface area (Å²) in [4.78, 5) is 0. The predicted molar refractivity (Wildman–Crippen MR) is 25.9 cm³/mol. The van der Waals surface area contributed by atoms with Crippen molar-refractivity contribution in [2.45, 2.75) is 0 Å². The molecular weight excluding hydrogens is 166 g/mol. The van der Waals surface area contributed by atoms with Crippen LogP contribution in [0.3, 0.4) is 0 Å². The molecule has 0 radical (unpaired) electrons. The van der Waals surface area contributed by atoms with Crippen LogP contribution in [0, 0.1) is 0 Å². The molecule has 8 heteroatoms. The molecule has 0 unspecified atom stereocenters. The fourth-order valence-corrected chi connectivity index (χ4v) is 0. The van der Waals surface area contributed by atoms with Crippen molar-refractivity contribution in [3.8, 4) is 0 Å². The van der Waals surface area contributed by atoms with Crippen molar-refractivity contribution >= 4 is 43.6 Å². The second-order valence-corrected chi connectivity index (χ2v) is 3.35. The minimum atomic E-state index is -5.17. The summed E-state index contributed by atoms with van der Waals surface area (Å²) in [7, 11) is -5.17. The van der Waals surface area contributed by atoms with Gasteiger partial charge in [-0.1, -0.05) is 0 Å². The summed E-state index contributed by atoms with van der Waals surface area (Å²) in [5.74, 6) is 0. The Labute approximate surface area is 64.1 Å². The van der Waals surface area contributed by atoms with Crippen LogP contribution in [-0.2, 0) is 13.2 Å². The van der Waals surface area contributed by atoms with Crippen LogP contribution in [-0.4, -0.2) is 50.8 Å². The maximum atomic E-state index is 8.52. The van der Waals surface area contributed by atoms with Crippen LogP contribution in [0.5, 0.6) is 0 Å². The molecule has 0 heterocycles. The van der Waals surface area contributed by atoms with E-state index < -0.39 is 10.4 Å². The van der Waals surface area contributed by atoms with Gasteiger partial charge in [-0.05, 0) is 0 Å². The average molecular weight is 168 g/mol. The van der Waals surface area contributed by atoms with E-state index in [-0.39, 0.29) is 0 Å².